The quantitative estimate of drug-likeness (QED) is 0.497. The second-order valence-corrected chi connectivity index (χ2v) is 6.88. The summed E-state index contributed by atoms with van der Waals surface area (Å²) in [6.45, 7) is 2.29. The molecule has 0 fully saturated rings. The summed E-state index contributed by atoms with van der Waals surface area (Å²) in [7, 11) is 0. The number of aryl methyl sites for hydroxylation is 1. The standard InChI is InChI=1S/C17H14ClN5O3S/c1-10-16(22-26-21-10)25-7-6-19-15(24)14-9-27-17-20-13(8-23(14)17)11-4-2-3-5-12(11)18/h2-5,8-9H,6-7H2,1H3,(H,19,24). The van der Waals surface area contributed by atoms with Crippen LogP contribution in [-0.2, 0) is 0 Å². The van der Waals surface area contributed by atoms with Crippen molar-refractivity contribution in [2.24, 2.45) is 0 Å². The van der Waals surface area contributed by atoms with Crippen LogP contribution in [0, 0.1) is 6.92 Å². The summed E-state index contributed by atoms with van der Waals surface area (Å²) in [5, 5.41) is 12.4. The topological polar surface area (TPSA) is 94.5 Å². The smallest absolute Gasteiger partial charge is 0.278 e. The maximum atomic E-state index is 12.5. The summed E-state index contributed by atoms with van der Waals surface area (Å²) in [6.07, 6.45) is 1.81. The zero-order valence-corrected chi connectivity index (χ0v) is 15.8. The van der Waals surface area contributed by atoms with E-state index in [0.29, 0.717) is 28.8 Å². The number of aromatic nitrogens is 4. The maximum absolute atomic E-state index is 12.5. The fraction of sp³-hybridized carbons (Fsp3) is 0.176. The number of fused-ring (bicyclic) bond motifs is 1. The van der Waals surface area contributed by atoms with Crippen molar-refractivity contribution in [1.82, 2.24) is 25.0 Å². The van der Waals surface area contributed by atoms with Crippen molar-refractivity contribution in [1.29, 1.82) is 0 Å². The van der Waals surface area contributed by atoms with Crippen molar-refractivity contribution in [2.45, 2.75) is 6.92 Å². The maximum Gasteiger partial charge on any atom is 0.278 e. The number of carbonyl (C=O) groups excluding carboxylic acids is 1. The van der Waals surface area contributed by atoms with E-state index < -0.39 is 0 Å². The fourth-order valence-corrected chi connectivity index (χ4v) is 3.59. The van der Waals surface area contributed by atoms with Crippen LogP contribution in [0.5, 0.6) is 5.88 Å². The van der Waals surface area contributed by atoms with Gasteiger partial charge in [0.25, 0.3) is 11.8 Å². The molecule has 1 N–H and O–H groups in total. The summed E-state index contributed by atoms with van der Waals surface area (Å²) in [5.41, 5.74) is 2.61. The van der Waals surface area contributed by atoms with Crippen molar-refractivity contribution in [3.05, 3.63) is 52.3 Å². The van der Waals surface area contributed by atoms with E-state index in [1.54, 1.807) is 16.7 Å². The van der Waals surface area contributed by atoms with Crippen LogP contribution >= 0.6 is 22.9 Å². The highest BCUT2D eigenvalue weighted by Crippen LogP contribution is 2.29. The molecule has 0 aliphatic rings. The first kappa shape index (κ1) is 17.5. The fourth-order valence-electron chi connectivity index (χ4n) is 2.50. The van der Waals surface area contributed by atoms with Crippen LogP contribution < -0.4 is 10.1 Å². The Balaban J connectivity index is 1.44. The highest BCUT2D eigenvalue weighted by molar-refractivity contribution is 7.15. The highest BCUT2D eigenvalue weighted by atomic mass is 35.5. The van der Waals surface area contributed by atoms with E-state index >= 15 is 0 Å². The highest BCUT2D eigenvalue weighted by Gasteiger charge is 2.16. The molecule has 1 amide bonds. The van der Waals surface area contributed by atoms with E-state index in [1.807, 2.05) is 30.5 Å². The molecular weight excluding hydrogens is 390 g/mol. The van der Waals surface area contributed by atoms with Gasteiger partial charge < -0.3 is 10.1 Å². The van der Waals surface area contributed by atoms with E-state index in [2.05, 4.69) is 25.2 Å². The molecule has 0 bridgehead atoms. The van der Waals surface area contributed by atoms with Crippen molar-refractivity contribution in [2.75, 3.05) is 13.2 Å². The molecule has 8 nitrogen and oxygen atoms in total. The second kappa shape index (κ2) is 7.37. The van der Waals surface area contributed by atoms with Gasteiger partial charge in [0.2, 0.25) is 0 Å². The van der Waals surface area contributed by atoms with Crippen LogP contribution in [0.1, 0.15) is 16.2 Å². The van der Waals surface area contributed by atoms with E-state index in [-0.39, 0.29) is 12.5 Å². The lowest BCUT2D eigenvalue weighted by molar-refractivity contribution is 0.0940. The number of hydrogen-bond acceptors (Lipinski definition) is 7. The molecule has 0 unspecified atom stereocenters. The first-order chi connectivity index (χ1) is 13.1. The lowest BCUT2D eigenvalue weighted by atomic mass is 10.2. The van der Waals surface area contributed by atoms with Crippen LogP contribution in [0.2, 0.25) is 5.02 Å². The van der Waals surface area contributed by atoms with Crippen LogP contribution in [0.4, 0.5) is 0 Å². The monoisotopic (exact) mass is 403 g/mol. The summed E-state index contributed by atoms with van der Waals surface area (Å²) >= 11 is 7.63. The van der Waals surface area contributed by atoms with Crippen LogP contribution in [0.25, 0.3) is 16.2 Å². The minimum atomic E-state index is -0.219. The Bertz CT molecular complexity index is 1100. The average Bonchev–Trinajstić information content (AvgIpc) is 3.35. The van der Waals surface area contributed by atoms with Gasteiger partial charge in [0, 0.05) is 17.1 Å². The van der Waals surface area contributed by atoms with Gasteiger partial charge in [-0.05, 0) is 18.1 Å². The van der Waals surface area contributed by atoms with Gasteiger partial charge in [-0.1, -0.05) is 35.0 Å². The average molecular weight is 404 g/mol. The van der Waals surface area contributed by atoms with Crippen LogP contribution in [0.3, 0.4) is 0 Å². The molecule has 3 heterocycles. The van der Waals surface area contributed by atoms with Crippen LogP contribution in [0.15, 0.2) is 40.5 Å². The molecular formula is C17H14ClN5O3S. The Hall–Kier alpha value is -2.91. The molecule has 27 heavy (non-hydrogen) atoms. The van der Waals surface area contributed by atoms with Gasteiger partial charge in [-0.25, -0.2) is 9.61 Å². The molecule has 0 aliphatic carbocycles. The molecule has 10 heteroatoms. The number of ether oxygens (including phenoxy) is 1. The predicted molar refractivity (Wildman–Crippen MR) is 100 cm³/mol. The molecule has 0 saturated heterocycles. The number of amides is 1. The molecule has 1 aromatic carbocycles. The van der Waals surface area contributed by atoms with Gasteiger partial charge in [0.05, 0.1) is 17.3 Å². The molecule has 0 spiro atoms. The third-order valence-electron chi connectivity index (χ3n) is 3.83. The third kappa shape index (κ3) is 3.51. The van der Waals surface area contributed by atoms with Gasteiger partial charge in [0.1, 0.15) is 18.0 Å². The summed E-state index contributed by atoms with van der Waals surface area (Å²) in [6, 6.07) is 7.47. The lowest BCUT2D eigenvalue weighted by Gasteiger charge is -2.05. The number of halogens is 1. The Kier molecular flexibility index (Phi) is 4.78. The SMILES string of the molecule is Cc1nonc1OCCNC(=O)c1csc2nc(-c3ccccc3Cl)cn12. The molecule has 0 saturated carbocycles. The first-order valence-corrected chi connectivity index (χ1v) is 9.31. The Morgan fingerprint density at radius 2 is 2.22 bits per heavy atom. The normalized spacial score (nSPS) is 11.0. The van der Waals surface area contributed by atoms with Crippen molar-refractivity contribution in [3.63, 3.8) is 0 Å². The first-order valence-electron chi connectivity index (χ1n) is 8.05. The van der Waals surface area contributed by atoms with Gasteiger partial charge in [-0.2, -0.15) is 0 Å². The lowest BCUT2D eigenvalue weighted by Crippen LogP contribution is -2.29. The van der Waals surface area contributed by atoms with Gasteiger partial charge in [0.15, 0.2) is 4.96 Å². The van der Waals surface area contributed by atoms with Crippen molar-refractivity contribution >= 4 is 33.8 Å². The molecule has 4 rings (SSSR count). The number of nitrogens with one attached hydrogen (secondary N) is 1. The molecule has 138 valence electrons. The summed E-state index contributed by atoms with van der Waals surface area (Å²) < 4.78 is 11.7. The summed E-state index contributed by atoms with van der Waals surface area (Å²) in [4.78, 5) is 17.8. The molecule has 3 aromatic heterocycles. The minimum Gasteiger partial charge on any atom is -0.472 e. The minimum absolute atomic E-state index is 0.219. The Labute approximate surface area is 162 Å². The van der Waals surface area contributed by atoms with Crippen LogP contribution in [-0.4, -0.2) is 38.8 Å². The zero-order chi connectivity index (χ0) is 18.8. The Morgan fingerprint density at radius 3 is 3.00 bits per heavy atom. The predicted octanol–water partition coefficient (Wildman–Crippen LogP) is 3.22. The number of imidazole rings is 1. The number of benzene rings is 1. The second-order valence-electron chi connectivity index (χ2n) is 5.64. The largest absolute Gasteiger partial charge is 0.472 e. The number of hydrogen-bond donors (Lipinski definition) is 1. The Morgan fingerprint density at radius 1 is 1.37 bits per heavy atom. The van der Waals surface area contributed by atoms with Gasteiger partial charge in [-0.15, -0.1) is 11.3 Å². The third-order valence-corrected chi connectivity index (χ3v) is 5.00. The van der Waals surface area contributed by atoms with E-state index in [0.717, 1.165) is 16.2 Å². The van der Waals surface area contributed by atoms with E-state index in [1.165, 1.54) is 11.3 Å². The molecule has 0 aliphatic heterocycles. The van der Waals surface area contributed by atoms with E-state index in [9.17, 15) is 4.79 Å². The molecule has 4 aromatic rings. The number of thiazole rings is 1. The zero-order valence-electron chi connectivity index (χ0n) is 14.2. The summed E-state index contributed by atoms with van der Waals surface area (Å²) in [5.74, 6) is 0.101. The van der Waals surface area contributed by atoms with Gasteiger partial charge >= 0.3 is 0 Å². The van der Waals surface area contributed by atoms with Crippen molar-refractivity contribution < 1.29 is 14.2 Å². The van der Waals surface area contributed by atoms with Gasteiger partial charge in [-0.3, -0.25) is 9.20 Å². The van der Waals surface area contributed by atoms with E-state index in [4.69, 9.17) is 16.3 Å². The molecule has 0 radical (unpaired) electrons. The number of rotatable bonds is 6. The van der Waals surface area contributed by atoms with Crippen molar-refractivity contribution in [3.8, 4) is 17.1 Å². The number of nitrogens with zero attached hydrogens (tertiary/aromatic N) is 4. The molecule has 0 atom stereocenters. The number of carbonyl (C=O) groups is 1.